The molecule has 0 fully saturated rings. The molecule has 0 spiro atoms. The molecule has 0 saturated heterocycles. The predicted molar refractivity (Wildman–Crippen MR) is 79.4 cm³/mol. The summed E-state index contributed by atoms with van der Waals surface area (Å²) < 4.78 is 23.0. The van der Waals surface area contributed by atoms with Gasteiger partial charge in [0.25, 0.3) is 0 Å². The predicted octanol–water partition coefficient (Wildman–Crippen LogP) is 1.61. The lowest BCUT2D eigenvalue weighted by molar-refractivity contribution is 0.598. The summed E-state index contributed by atoms with van der Waals surface area (Å²) in [5.41, 5.74) is 9.26. The number of hydrogen-bond donors (Lipinski definition) is 2. The van der Waals surface area contributed by atoms with E-state index in [1.165, 1.54) is 11.6 Å². The van der Waals surface area contributed by atoms with E-state index in [0.717, 1.165) is 24.3 Å². The van der Waals surface area contributed by atoms with Crippen molar-refractivity contribution in [1.29, 1.82) is 0 Å². The number of para-hydroxylation sites is 1. The van der Waals surface area contributed by atoms with Crippen molar-refractivity contribution in [2.75, 3.05) is 17.2 Å². The SMILES string of the molecule is Nc1cc(N2CCc3ccccc32)cc(S(N)(=O)=O)c1. The first-order valence-electron chi connectivity index (χ1n) is 6.24. The van der Waals surface area contributed by atoms with Crippen molar-refractivity contribution in [2.24, 2.45) is 5.14 Å². The first-order valence-corrected chi connectivity index (χ1v) is 7.78. The van der Waals surface area contributed by atoms with Crippen molar-refractivity contribution >= 4 is 27.1 Å². The molecule has 0 saturated carbocycles. The molecule has 2 aromatic rings. The summed E-state index contributed by atoms with van der Waals surface area (Å²) in [5, 5.41) is 5.19. The highest BCUT2D eigenvalue weighted by molar-refractivity contribution is 7.89. The fourth-order valence-electron chi connectivity index (χ4n) is 2.53. The zero-order valence-electron chi connectivity index (χ0n) is 10.8. The van der Waals surface area contributed by atoms with E-state index in [0.29, 0.717) is 5.69 Å². The van der Waals surface area contributed by atoms with Gasteiger partial charge in [0.2, 0.25) is 10.0 Å². The molecule has 0 amide bonds. The van der Waals surface area contributed by atoms with Gasteiger partial charge < -0.3 is 10.6 Å². The number of rotatable bonds is 2. The summed E-state index contributed by atoms with van der Waals surface area (Å²) in [4.78, 5) is 2.09. The largest absolute Gasteiger partial charge is 0.399 e. The van der Waals surface area contributed by atoms with Gasteiger partial charge in [-0.1, -0.05) is 18.2 Å². The molecule has 1 heterocycles. The Kier molecular flexibility index (Phi) is 2.92. The molecule has 0 unspecified atom stereocenters. The van der Waals surface area contributed by atoms with Gasteiger partial charge in [-0.3, -0.25) is 0 Å². The van der Waals surface area contributed by atoms with Crippen molar-refractivity contribution < 1.29 is 8.42 Å². The fourth-order valence-corrected chi connectivity index (χ4v) is 3.12. The molecule has 6 heteroatoms. The molecule has 20 heavy (non-hydrogen) atoms. The summed E-state index contributed by atoms with van der Waals surface area (Å²) in [6.45, 7) is 0.798. The molecule has 0 aromatic heterocycles. The molecule has 0 bridgehead atoms. The monoisotopic (exact) mass is 289 g/mol. The highest BCUT2D eigenvalue weighted by Crippen LogP contribution is 2.35. The van der Waals surface area contributed by atoms with Crippen LogP contribution in [-0.2, 0) is 16.4 Å². The van der Waals surface area contributed by atoms with Crippen LogP contribution in [0.4, 0.5) is 17.1 Å². The number of anilines is 3. The molecule has 1 aliphatic heterocycles. The standard InChI is InChI=1S/C14H15N3O2S/c15-11-7-12(9-13(8-11)20(16,18)19)17-6-5-10-3-1-2-4-14(10)17/h1-4,7-9H,5-6,15H2,(H2,16,18,19). The summed E-state index contributed by atoms with van der Waals surface area (Å²) in [7, 11) is -3.76. The molecule has 0 aliphatic carbocycles. The van der Waals surface area contributed by atoms with Gasteiger partial charge in [-0.2, -0.15) is 0 Å². The Balaban J connectivity index is 2.11. The van der Waals surface area contributed by atoms with Crippen molar-refractivity contribution in [3.05, 3.63) is 48.0 Å². The first kappa shape index (κ1) is 13.0. The van der Waals surface area contributed by atoms with Crippen LogP contribution in [0.5, 0.6) is 0 Å². The molecule has 0 radical (unpaired) electrons. The van der Waals surface area contributed by atoms with Crippen LogP contribution in [0.25, 0.3) is 0 Å². The average Bonchev–Trinajstić information content (AvgIpc) is 2.80. The van der Waals surface area contributed by atoms with E-state index in [4.69, 9.17) is 10.9 Å². The van der Waals surface area contributed by atoms with Gasteiger partial charge in [-0.05, 0) is 36.2 Å². The van der Waals surface area contributed by atoms with Gasteiger partial charge in [0.05, 0.1) is 4.90 Å². The van der Waals surface area contributed by atoms with E-state index >= 15 is 0 Å². The molecule has 2 aromatic carbocycles. The van der Waals surface area contributed by atoms with Crippen LogP contribution >= 0.6 is 0 Å². The van der Waals surface area contributed by atoms with Crippen molar-refractivity contribution in [3.8, 4) is 0 Å². The Morgan fingerprint density at radius 2 is 1.85 bits per heavy atom. The lowest BCUT2D eigenvalue weighted by Crippen LogP contribution is -2.16. The van der Waals surface area contributed by atoms with E-state index in [1.54, 1.807) is 12.1 Å². The van der Waals surface area contributed by atoms with Gasteiger partial charge in [0.1, 0.15) is 0 Å². The lowest BCUT2D eigenvalue weighted by atomic mass is 10.2. The van der Waals surface area contributed by atoms with E-state index < -0.39 is 10.0 Å². The molecule has 1 aliphatic rings. The second-order valence-electron chi connectivity index (χ2n) is 4.84. The Bertz CT molecular complexity index is 772. The van der Waals surface area contributed by atoms with Crippen LogP contribution in [0.15, 0.2) is 47.4 Å². The van der Waals surface area contributed by atoms with E-state index in [1.807, 2.05) is 18.2 Å². The van der Waals surface area contributed by atoms with E-state index in [2.05, 4.69) is 11.0 Å². The second kappa shape index (κ2) is 4.50. The quantitative estimate of drug-likeness (QED) is 0.822. The zero-order chi connectivity index (χ0) is 14.3. The number of primary sulfonamides is 1. The van der Waals surface area contributed by atoms with Gasteiger partial charge in [0, 0.05) is 23.6 Å². The zero-order valence-corrected chi connectivity index (χ0v) is 11.6. The summed E-state index contributed by atoms with van der Waals surface area (Å²) in [6, 6.07) is 12.7. The van der Waals surface area contributed by atoms with E-state index in [-0.39, 0.29) is 4.90 Å². The average molecular weight is 289 g/mol. The highest BCUT2D eigenvalue weighted by atomic mass is 32.2. The van der Waals surface area contributed by atoms with Crippen molar-refractivity contribution in [3.63, 3.8) is 0 Å². The first-order chi connectivity index (χ1) is 9.45. The molecule has 4 N–H and O–H groups in total. The Morgan fingerprint density at radius 3 is 2.60 bits per heavy atom. The molecule has 104 valence electrons. The summed E-state index contributed by atoms with van der Waals surface area (Å²) in [6.07, 6.45) is 0.926. The van der Waals surface area contributed by atoms with E-state index in [9.17, 15) is 8.42 Å². The summed E-state index contributed by atoms with van der Waals surface area (Å²) in [5.74, 6) is 0. The maximum atomic E-state index is 11.5. The van der Waals surface area contributed by atoms with Crippen LogP contribution in [0.1, 0.15) is 5.56 Å². The van der Waals surface area contributed by atoms with Crippen molar-refractivity contribution in [1.82, 2.24) is 0 Å². The van der Waals surface area contributed by atoms with Crippen LogP contribution in [-0.4, -0.2) is 15.0 Å². The van der Waals surface area contributed by atoms with Gasteiger partial charge in [-0.15, -0.1) is 0 Å². The number of benzene rings is 2. The molecular weight excluding hydrogens is 274 g/mol. The van der Waals surface area contributed by atoms with Crippen LogP contribution in [0.2, 0.25) is 0 Å². The van der Waals surface area contributed by atoms with Crippen LogP contribution < -0.4 is 15.8 Å². The smallest absolute Gasteiger partial charge is 0.238 e. The van der Waals surface area contributed by atoms with Gasteiger partial charge in [-0.25, -0.2) is 13.6 Å². The van der Waals surface area contributed by atoms with Crippen LogP contribution in [0, 0.1) is 0 Å². The highest BCUT2D eigenvalue weighted by Gasteiger charge is 2.21. The number of nitrogen functional groups attached to an aromatic ring is 1. The number of nitrogens with two attached hydrogens (primary N) is 2. The minimum atomic E-state index is -3.76. The Labute approximate surface area is 117 Å². The normalized spacial score (nSPS) is 14.3. The minimum absolute atomic E-state index is 0.0388. The van der Waals surface area contributed by atoms with Gasteiger partial charge >= 0.3 is 0 Å². The maximum absolute atomic E-state index is 11.5. The molecular formula is C14H15N3O2S. The third kappa shape index (κ3) is 2.23. The number of nitrogens with zero attached hydrogens (tertiary/aromatic N) is 1. The third-order valence-electron chi connectivity index (χ3n) is 3.44. The Morgan fingerprint density at radius 1 is 1.10 bits per heavy atom. The van der Waals surface area contributed by atoms with Crippen LogP contribution in [0.3, 0.4) is 0 Å². The third-order valence-corrected chi connectivity index (χ3v) is 4.33. The molecule has 5 nitrogen and oxygen atoms in total. The van der Waals surface area contributed by atoms with Gasteiger partial charge in [0.15, 0.2) is 0 Å². The number of sulfonamides is 1. The molecule has 3 rings (SSSR count). The molecule has 0 atom stereocenters. The topological polar surface area (TPSA) is 89.4 Å². The van der Waals surface area contributed by atoms with Crippen molar-refractivity contribution in [2.45, 2.75) is 11.3 Å². The Hall–Kier alpha value is -2.05. The lowest BCUT2D eigenvalue weighted by Gasteiger charge is -2.20. The summed E-state index contributed by atoms with van der Waals surface area (Å²) >= 11 is 0. The fraction of sp³-hybridized carbons (Fsp3) is 0.143. The number of fused-ring (bicyclic) bond motifs is 1. The number of hydrogen-bond acceptors (Lipinski definition) is 4. The minimum Gasteiger partial charge on any atom is -0.399 e. The second-order valence-corrected chi connectivity index (χ2v) is 6.40. The maximum Gasteiger partial charge on any atom is 0.238 e.